The molecule has 1 aromatic heterocycles. The number of nitrogens with zero attached hydrogens (tertiary/aromatic N) is 3. The quantitative estimate of drug-likeness (QED) is 0.256. The molecule has 1 heterocycles. The van der Waals surface area contributed by atoms with Gasteiger partial charge in [0.05, 0.1) is 11.0 Å². The number of aryl methyl sites for hydroxylation is 1. The molecule has 0 bridgehead atoms. The van der Waals surface area contributed by atoms with Crippen LogP contribution in [0.5, 0.6) is 0 Å². The third-order valence-electron chi connectivity index (χ3n) is 4.99. The van der Waals surface area contributed by atoms with Crippen LogP contribution in [0.15, 0.2) is 85.2 Å². The molecule has 0 aliphatic heterocycles. The van der Waals surface area contributed by atoms with Crippen molar-refractivity contribution in [1.82, 2.24) is 9.97 Å². The first-order valence-corrected chi connectivity index (χ1v) is 10.3. The predicted octanol–water partition coefficient (Wildman–Crippen LogP) is 6.29. The van der Waals surface area contributed by atoms with Gasteiger partial charge in [0.15, 0.2) is 0 Å². The number of nitro groups is 1. The number of anilines is 3. The van der Waals surface area contributed by atoms with Crippen LogP contribution in [0.4, 0.5) is 23.0 Å². The molecule has 0 saturated carbocycles. The van der Waals surface area contributed by atoms with Crippen LogP contribution < -0.4 is 10.6 Å². The SMILES string of the molecule is Cc1ccc(Nc2ncnc(NC(c3ccccc3)c3ccccc3)c2[N+](=O)[O-])cc1Cl. The molecule has 8 heteroatoms. The van der Waals surface area contributed by atoms with E-state index in [0.717, 1.165) is 16.7 Å². The monoisotopic (exact) mass is 445 g/mol. The van der Waals surface area contributed by atoms with E-state index in [0.29, 0.717) is 10.7 Å². The van der Waals surface area contributed by atoms with Gasteiger partial charge in [0, 0.05) is 10.7 Å². The number of benzene rings is 3. The summed E-state index contributed by atoms with van der Waals surface area (Å²) in [5, 5.41) is 18.8. The largest absolute Gasteiger partial charge is 0.353 e. The zero-order valence-electron chi connectivity index (χ0n) is 17.2. The molecule has 0 amide bonds. The van der Waals surface area contributed by atoms with Crippen molar-refractivity contribution < 1.29 is 4.92 Å². The summed E-state index contributed by atoms with van der Waals surface area (Å²) in [5.74, 6) is 0.190. The van der Waals surface area contributed by atoms with Gasteiger partial charge < -0.3 is 10.6 Å². The topological polar surface area (TPSA) is 93.0 Å². The van der Waals surface area contributed by atoms with Gasteiger partial charge in [-0.15, -0.1) is 0 Å². The highest BCUT2D eigenvalue weighted by molar-refractivity contribution is 6.31. The lowest BCUT2D eigenvalue weighted by atomic mass is 9.99. The molecule has 0 atom stereocenters. The Morgan fingerprint density at radius 1 is 0.906 bits per heavy atom. The van der Waals surface area contributed by atoms with Gasteiger partial charge in [-0.05, 0) is 35.7 Å². The molecule has 0 aliphatic carbocycles. The van der Waals surface area contributed by atoms with E-state index in [1.54, 1.807) is 12.1 Å². The summed E-state index contributed by atoms with van der Waals surface area (Å²) in [6.45, 7) is 1.88. The predicted molar refractivity (Wildman–Crippen MR) is 127 cm³/mol. The Kier molecular flexibility index (Phi) is 6.28. The minimum Gasteiger partial charge on any atom is -0.353 e. The lowest BCUT2D eigenvalue weighted by molar-refractivity contribution is -0.383. The number of hydrogen-bond acceptors (Lipinski definition) is 6. The minimum atomic E-state index is -0.493. The van der Waals surface area contributed by atoms with E-state index in [-0.39, 0.29) is 23.4 Å². The zero-order valence-corrected chi connectivity index (χ0v) is 18.0. The van der Waals surface area contributed by atoms with Crippen LogP contribution in [0.2, 0.25) is 5.02 Å². The fraction of sp³-hybridized carbons (Fsp3) is 0.0833. The lowest BCUT2D eigenvalue weighted by Crippen LogP contribution is -2.15. The summed E-state index contributed by atoms with van der Waals surface area (Å²) in [4.78, 5) is 19.8. The number of hydrogen-bond donors (Lipinski definition) is 2. The number of nitrogens with one attached hydrogen (secondary N) is 2. The summed E-state index contributed by atoms with van der Waals surface area (Å²) < 4.78 is 0. The van der Waals surface area contributed by atoms with Crippen molar-refractivity contribution in [2.45, 2.75) is 13.0 Å². The summed E-state index contributed by atoms with van der Waals surface area (Å²) >= 11 is 6.20. The van der Waals surface area contributed by atoms with Crippen molar-refractivity contribution in [3.63, 3.8) is 0 Å². The van der Waals surface area contributed by atoms with Crippen molar-refractivity contribution in [3.05, 3.63) is 117 Å². The zero-order chi connectivity index (χ0) is 22.5. The highest BCUT2D eigenvalue weighted by atomic mass is 35.5. The third-order valence-corrected chi connectivity index (χ3v) is 5.39. The highest BCUT2D eigenvalue weighted by Gasteiger charge is 2.26. The molecular weight excluding hydrogens is 426 g/mol. The highest BCUT2D eigenvalue weighted by Crippen LogP contribution is 2.35. The summed E-state index contributed by atoms with van der Waals surface area (Å²) in [7, 11) is 0. The van der Waals surface area contributed by atoms with E-state index in [1.807, 2.05) is 73.7 Å². The second-order valence-corrected chi connectivity index (χ2v) is 7.57. The summed E-state index contributed by atoms with van der Waals surface area (Å²) in [5.41, 5.74) is 3.15. The third kappa shape index (κ3) is 4.68. The van der Waals surface area contributed by atoms with E-state index in [2.05, 4.69) is 20.6 Å². The van der Waals surface area contributed by atoms with Crippen LogP contribution in [-0.2, 0) is 0 Å². The average molecular weight is 446 g/mol. The van der Waals surface area contributed by atoms with Crippen LogP contribution in [-0.4, -0.2) is 14.9 Å². The Morgan fingerprint density at radius 2 is 1.50 bits per heavy atom. The Bertz CT molecular complexity index is 1200. The van der Waals surface area contributed by atoms with Crippen molar-refractivity contribution in [3.8, 4) is 0 Å². The van der Waals surface area contributed by atoms with Crippen molar-refractivity contribution in [1.29, 1.82) is 0 Å². The first-order chi connectivity index (χ1) is 15.5. The van der Waals surface area contributed by atoms with Gasteiger partial charge in [0.1, 0.15) is 6.33 Å². The molecule has 7 nitrogen and oxygen atoms in total. The molecule has 32 heavy (non-hydrogen) atoms. The average Bonchev–Trinajstić information content (AvgIpc) is 2.81. The first kappa shape index (κ1) is 21.3. The fourth-order valence-electron chi connectivity index (χ4n) is 3.34. The fourth-order valence-corrected chi connectivity index (χ4v) is 3.52. The van der Waals surface area contributed by atoms with Gasteiger partial charge in [0.25, 0.3) is 0 Å². The molecule has 0 spiro atoms. The molecule has 0 aliphatic rings. The maximum absolute atomic E-state index is 12.0. The molecule has 0 unspecified atom stereocenters. The molecule has 0 saturated heterocycles. The lowest BCUT2D eigenvalue weighted by Gasteiger charge is -2.20. The van der Waals surface area contributed by atoms with E-state index < -0.39 is 4.92 Å². The normalized spacial score (nSPS) is 10.7. The molecule has 2 N–H and O–H groups in total. The van der Waals surface area contributed by atoms with Crippen LogP contribution in [0.1, 0.15) is 22.7 Å². The van der Waals surface area contributed by atoms with Crippen molar-refractivity contribution in [2.75, 3.05) is 10.6 Å². The van der Waals surface area contributed by atoms with Gasteiger partial charge in [-0.2, -0.15) is 0 Å². The van der Waals surface area contributed by atoms with Crippen molar-refractivity contribution in [2.24, 2.45) is 0 Å². The molecule has 160 valence electrons. The maximum atomic E-state index is 12.0. The number of rotatable bonds is 7. The molecule has 3 aromatic carbocycles. The van der Waals surface area contributed by atoms with Crippen molar-refractivity contribution >= 4 is 34.6 Å². The number of halogens is 1. The Morgan fingerprint density at radius 3 is 2.06 bits per heavy atom. The van der Waals surface area contributed by atoms with Crippen LogP contribution >= 0.6 is 11.6 Å². The first-order valence-electron chi connectivity index (χ1n) is 9.92. The molecule has 4 aromatic rings. The van der Waals surface area contributed by atoms with Gasteiger partial charge in [0.2, 0.25) is 11.6 Å². The Balaban J connectivity index is 1.74. The maximum Gasteiger partial charge on any atom is 0.353 e. The molecule has 4 rings (SSSR count). The van der Waals surface area contributed by atoms with E-state index in [1.165, 1.54) is 6.33 Å². The smallest absolute Gasteiger partial charge is 0.353 e. The Labute approximate surface area is 190 Å². The van der Waals surface area contributed by atoms with Crippen LogP contribution in [0.3, 0.4) is 0 Å². The van der Waals surface area contributed by atoms with E-state index >= 15 is 0 Å². The molecule has 0 fully saturated rings. The van der Waals surface area contributed by atoms with Gasteiger partial charge in [-0.1, -0.05) is 78.3 Å². The molecule has 0 radical (unpaired) electrons. The number of aromatic nitrogens is 2. The van der Waals surface area contributed by atoms with E-state index in [4.69, 9.17) is 11.6 Å². The minimum absolute atomic E-state index is 0.0762. The van der Waals surface area contributed by atoms with E-state index in [9.17, 15) is 10.1 Å². The molecular formula is C24H20ClN5O2. The standard InChI is InChI=1S/C24H20ClN5O2/c1-16-12-13-19(14-20(16)25)28-23-22(30(31)32)24(27-15-26-23)29-21(17-8-4-2-5-9-17)18-10-6-3-7-11-18/h2-15,21H,1H3,(H2,26,27,28,29). The summed E-state index contributed by atoms with van der Waals surface area (Å²) in [6, 6.07) is 24.4. The Hall–Kier alpha value is -3.97. The van der Waals surface area contributed by atoms with Crippen LogP contribution in [0, 0.1) is 17.0 Å². The second-order valence-electron chi connectivity index (χ2n) is 7.16. The summed E-state index contributed by atoms with van der Waals surface area (Å²) in [6.07, 6.45) is 1.29. The second kappa shape index (κ2) is 9.45. The van der Waals surface area contributed by atoms with Gasteiger partial charge in [-0.3, -0.25) is 10.1 Å². The van der Waals surface area contributed by atoms with Crippen LogP contribution in [0.25, 0.3) is 0 Å². The van der Waals surface area contributed by atoms with Gasteiger partial charge in [-0.25, -0.2) is 9.97 Å². The van der Waals surface area contributed by atoms with Gasteiger partial charge >= 0.3 is 5.69 Å².